The monoisotopic (exact) mass is 307 g/mol. The molecule has 0 amide bonds. The first-order valence-electron chi connectivity index (χ1n) is 9.36. The standard InChI is InChI=1S/C18H33N3O/c1-3-19-18(21-10-9-14(12-21)13-22-2)20-17-11-16(17)15-7-5-4-6-8-15/h14-17H,3-13H2,1-2H3,(H,19,20). The Hall–Kier alpha value is -0.770. The van der Waals surface area contributed by atoms with Crippen molar-refractivity contribution in [3.05, 3.63) is 0 Å². The third kappa shape index (κ3) is 3.95. The highest BCUT2D eigenvalue weighted by Gasteiger charge is 2.44. The Morgan fingerprint density at radius 2 is 2.05 bits per heavy atom. The fraction of sp³-hybridized carbons (Fsp3) is 0.944. The molecule has 0 aromatic carbocycles. The second-order valence-electron chi connectivity index (χ2n) is 7.40. The number of likely N-dealkylation sites (tertiary alicyclic amines) is 1. The number of methoxy groups -OCH3 is 1. The first-order chi connectivity index (χ1) is 10.8. The molecule has 0 aromatic heterocycles. The fourth-order valence-corrected chi connectivity index (χ4v) is 4.41. The molecule has 0 spiro atoms. The van der Waals surface area contributed by atoms with E-state index in [2.05, 4.69) is 17.1 Å². The normalized spacial score (nSPS) is 33.3. The average molecular weight is 307 g/mol. The van der Waals surface area contributed by atoms with E-state index < -0.39 is 0 Å². The zero-order chi connectivity index (χ0) is 15.4. The summed E-state index contributed by atoms with van der Waals surface area (Å²) in [7, 11) is 1.81. The Labute approximate surface area is 135 Å². The van der Waals surface area contributed by atoms with Crippen molar-refractivity contribution in [2.75, 3.05) is 33.4 Å². The summed E-state index contributed by atoms with van der Waals surface area (Å²) in [6.45, 7) is 6.11. The predicted octanol–water partition coefficient (Wildman–Crippen LogP) is 2.89. The second-order valence-corrected chi connectivity index (χ2v) is 7.40. The Morgan fingerprint density at radius 1 is 1.23 bits per heavy atom. The highest BCUT2D eigenvalue weighted by Crippen LogP contribution is 2.44. The number of hydrogen-bond donors (Lipinski definition) is 1. The summed E-state index contributed by atoms with van der Waals surface area (Å²) in [5.74, 6) is 3.72. The maximum atomic E-state index is 5.32. The van der Waals surface area contributed by atoms with Gasteiger partial charge in [0.25, 0.3) is 0 Å². The van der Waals surface area contributed by atoms with Crippen LogP contribution in [-0.2, 0) is 4.74 Å². The lowest BCUT2D eigenvalue weighted by Gasteiger charge is -2.24. The highest BCUT2D eigenvalue weighted by atomic mass is 16.5. The Bertz CT molecular complexity index is 379. The minimum atomic E-state index is 0.669. The zero-order valence-corrected chi connectivity index (χ0v) is 14.4. The van der Waals surface area contributed by atoms with E-state index >= 15 is 0 Å². The molecule has 0 radical (unpaired) electrons. The molecule has 3 aliphatic rings. The van der Waals surface area contributed by atoms with Gasteiger partial charge in [0.2, 0.25) is 0 Å². The van der Waals surface area contributed by atoms with Gasteiger partial charge in [-0.15, -0.1) is 0 Å². The van der Waals surface area contributed by atoms with Crippen molar-refractivity contribution in [1.82, 2.24) is 10.2 Å². The lowest BCUT2D eigenvalue weighted by atomic mass is 9.85. The van der Waals surface area contributed by atoms with E-state index in [9.17, 15) is 0 Å². The van der Waals surface area contributed by atoms with Crippen molar-refractivity contribution in [2.45, 2.75) is 57.9 Å². The van der Waals surface area contributed by atoms with Crippen LogP contribution in [0, 0.1) is 17.8 Å². The third-order valence-corrected chi connectivity index (χ3v) is 5.71. The first kappa shape index (κ1) is 16.1. The molecule has 1 aliphatic heterocycles. The molecule has 3 atom stereocenters. The van der Waals surface area contributed by atoms with Crippen molar-refractivity contribution >= 4 is 5.96 Å². The number of hydrogen-bond acceptors (Lipinski definition) is 2. The van der Waals surface area contributed by atoms with Crippen molar-refractivity contribution in [2.24, 2.45) is 22.7 Å². The van der Waals surface area contributed by atoms with Crippen LogP contribution < -0.4 is 5.32 Å². The number of nitrogens with zero attached hydrogens (tertiary/aromatic N) is 2. The molecule has 4 heteroatoms. The first-order valence-corrected chi connectivity index (χ1v) is 9.36. The SMILES string of the molecule is CCN=C(NC1CC1C1CCCCC1)N1CCC(COC)C1. The van der Waals surface area contributed by atoms with E-state index in [1.54, 1.807) is 7.11 Å². The van der Waals surface area contributed by atoms with E-state index in [-0.39, 0.29) is 0 Å². The molecular formula is C18H33N3O. The lowest BCUT2D eigenvalue weighted by Crippen LogP contribution is -2.42. The molecule has 3 rings (SSSR count). The summed E-state index contributed by atoms with van der Waals surface area (Å²) < 4.78 is 5.32. The van der Waals surface area contributed by atoms with Gasteiger partial charge in [-0.2, -0.15) is 0 Å². The number of nitrogens with one attached hydrogen (secondary N) is 1. The van der Waals surface area contributed by atoms with Gasteiger partial charge in [-0.3, -0.25) is 4.99 Å². The van der Waals surface area contributed by atoms with Gasteiger partial charge in [0.05, 0.1) is 6.61 Å². The molecule has 0 aromatic rings. The number of ether oxygens (including phenoxy) is 1. The summed E-state index contributed by atoms with van der Waals surface area (Å²) in [5, 5.41) is 3.78. The van der Waals surface area contributed by atoms with Gasteiger partial charge in [-0.05, 0) is 31.6 Å². The van der Waals surface area contributed by atoms with Gasteiger partial charge >= 0.3 is 0 Å². The van der Waals surface area contributed by atoms with Crippen LogP contribution in [0.4, 0.5) is 0 Å². The molecule has 22 heavy (non-hydrogen) atoms. The van der Waals surface area contributed by atoms with Gasteiger partial charge in [0, 0.05) is 38.7 Å². The smallest absolute Gasteiger partial charge is 0.194 e. The number of guanidine groups is 1. The minimum Gasteiger partial charge on any atom is -0.384 e. The molecule has 2 saturated carbocycles. The summed E-state index contributed by atoms with van der Waals surface area (Å²) in [4.78, 5) is 7.20. The maximum Gasteiger partial charge on any atom is 0.194 e. The summed E-state index contributed by atoms with van der Waals surface area (Å²) in [6.07, 6.45) is 9.88. The molecule has 1 saturated heterocycles. The molecular weight excluding hydrogens is 274 g/mol. The summed E-state index contributed by atoms with van der Waals surface area (Å²) in [6, 6.07) is 0.690. The Kier molecular flexibility index (Phi) is 5.61. The number of rotatable bonds is 5. The number of aliphatic imine (C=N–C) groups is 1. The van der Waals surface area contributed by atoms with Crippen LogP contribution >= 0.6 is 0 Å². The molecule has 126 valence electrons. The van der Waals surface area contributed by atoms with Crippen molar-refractivity contribution < 1.29 is 4.74 Å². The fourth-order valence-electron chi connectivity index (χ4n) is 4.41. The van der Waals surface area contributed by atoms with E-state index in [4.69, 9.17) is 9.73 Å². The van der Waals surface area contributed by atoms with Crippen LogP contribution in [0.25, 0.3) is 0 Å². The van der Waals surface area contributed by atoms with Crippen LogP contribution in [-0.4, -0.2) is 50.3 Å². The summed E-state index contributed by atoms with van der Waals surface area (Å²) >= 11 is 0. The zero-order valence-electron chi connectivity index (χ0n) is 14.4. The van der Waals surface area contributed by atoms with E-state index in [1.165, 1.54) is 44.9 Å². The van der Waals surface area contributed by atoms with Gasteiger partial charge in [0.1, 0.15) is 0 Å². The van der Waals surface area contributed by atoms with Crippen molar-refractivity contribution in [3.8, 4) is 0 Å². The van der Waals surface area contributed by atoms with E-state index in [1.807, 2.05) is 0 Å². The summed E-state index contributed by atoms with van der Waals surface area (Å²) in [5.41, 5.74) is 0. The van der Waals surface area contributed by atoms with Crippen LogP contribution in [0.5, 0.6) is 0 Å². The molecule has 3 unspecified atom stereocenters. The van der Waals surface area contributed by atoms with Gasteiger partial charge < -0.3 is 15.0 Å². The molecule has 2 aliphatic carbocycles. The average Bonchev–Trinajstić information content (AvgIpc) is 3.16. The van der Waals surface area contributed by atoms with Gasteiger partial charge in [-0.1, -0.05) is 32.1 Å². The predicted molar refractivity (Wildman–Crippen MR) is 91.1 cm³/mol. The second kappa shape index (κ2) is 7.67. The van der Waals surface area contributed by atoms with Gasteiger partial charge in [-0.25, -0.2) is 0 Å². The van der Waals surface area contributed by atoms with Gasteiger partial charge in [0.15, 0.2) is 5.96 Å². The highest BCUT2D eigenvalue weighted by molar-refractivity contribution is 5.81. The molecule has 1 heterocycles. The maximum absolute atomic E-state index is 5.32. The van der Waals surface area contributed by atoms with E-state index in [0.29, 0.717) is 12.0 Å². The van der Waals surface area contributed by atoms with Crippen molar-refractivity contribution in [3.63, 3.8) is 0 Å². The van der Waals surface area contributed by atoms with Crippen LogP contribution in [0.15, 0.2) is 4.99 Å². The molecule has 3 fully saturated rings. The topological polar surface area (TPSA) is 36.9 Å². The van der Waals surface area contributed by atoms with Crippen molar-refractivity contribution in [1.29, 1.82) is 0 Å². The van der Waals surface area contributed by atoms with Crippen LogP contribution in [0.3, 0.4) is 0 Å². The molecule has 1 N–H and O–H groups in total. The van der Waals surface area contributed by atoms with Crippen LogP contribution in [0.1, 0.15) is 51.9 Å². The largest absolute Gasteiger partial charge is 0.384 e. The molecule has 0 bridgehead atoms. The lowest BCUT2D eigenvalue weighted by molar-refractivity contribution is 0.157. The minimum absolute atomic E-state index is 0.669. The van der Waals surface area contributed by atoms with E-state index in [0.717, 1.165) is 44.0 Å². The Morgan fingerprint density at radius 3 is 2.77 bits per heavy atom. The Balaban J connectivity index is 1.50. The third-order valence-electron chi connectivity index (χ3n) is 5.71. The molecule has 4 nitrogen and oxygen atoms in total. The quantitative estimate of drug-likeness (QED) is 0.627. The van der Waals surface area contributed by atoms with Crippen LogP contribution in [0.2, 0.25) is 0 Å².